The predicted molar refractivity (Wildman–Crippen MR) is 113 cm³/mol. The molecule has 5 nitrogen and oxygen atoms in total. The summed E-state index contributed by atoms with van der Waals surface area (Å²) in [4.78, 5) is 22.9. The zero-order valence-electron chi connectivity index (χ0n) is 17.6. The molecule has 0 rings (SSSR count). The normalized spacial score (nSPS) is 12.1. The van der Waals surface area contributed by atoms with Crippen LogP contribution in [0.15, 0.2) is 0 Å². The van der Waals surface area contributed by atoms with Crippen molar-refractivity contribution in [2.75, 3.05) is 6.54 Å². The van der Waals surface area contributed by atoms with Gasteiger partial charge in [0.2, 0.25) is 5.91 Å². The molecule has 0 aliphatic heterocycles. The topological polar surface area (TPSA) is 92.4 Å². The van der Waals surface area contributed by atoms with Crippen molar-refractivity contribution in [3.8, 4) is 0 Å². The third kappa shape index (κ3) is 18.0. The minimum atomic E-state index is -0.974. The number of unbranched alkanes of at least 4 members (excludes halogenated alkanes) is 13. The van der Waals surface area contributed by atoms with Crippen LogP contribution in [0.5, 0.6) is 0 Å². The summed E-state index contributed by atoms with van der Waals surface area (Å²) in [5.74, 6) is -1.13. The third-order valence-corrected chi connectivity index (χ3v) is 5.09. The average Bonchev–Trinajstić information content (AvgIpc) is 2.65. The first-order valence-corrected chi connectivity index (χ1v) is 11.3. The number of carbonyl (C=O) groups excluding carboxylic acids is 1. The van der Waals surface area contributed by atoms with E-state index in [-0.39, 0.29) is 5.91 Å². The number of carbonyl (C=O) groups is 2. The van der Waals surface area contributed by atoms with Gasteiger partial charge in [-0.1, -0.05) is 90.4 Å². The van der Waals surface area contributed by atoms with Gasteiger partial charge in [-0.25, -0.2) is 4.79 Å². The van der Waals surface area contributed by atoms with E-state index in [4.69, 9.17) is 10.8 Å². The molecule has 0 radical (unpaired) electrons. The Bertz CT molecular complexity index is 361. The molecule has 0 aliphatic rings. The summed E-state index contributed by atoms with van der Waals surface area (Å²) in [6.07, 6.45) is 19.4. The van der Waals surface area contributed by atoms with Gasteiger partial charge in [-0.3, -0.25) is 4.79 Å². The maximum atomic E-state index is 11.8. The van der Waals surface area contributed by atoms with Crippen molar-refractivity contribution in [3.63, 3.8) is 0 Å². The van der Waals surface area contributed by atoms with E-state index in [2.05, 4.69) is 12.2 Å². The summed E-state index contributed by atoms with van der Waals surface area (Å²) in [7, 11) is 0. The maximum absolute atomic E-state index is 11.8. The fourth-order valence-electron chi connectivity index (χ4n) is 3.33. The van der Waals surface area contributed by atoms with E-state index >= 15 is 0 Å². The van der Waals surface area contributed by atoms with Gasteiger partial charge in [0.05, 0.1) is 0 Å². The largest absolute Gasteiger partial charge is 0.480 e. The van der Waals surface area contributed by atoms with Crippen LogP contribution in [-0.2, 0) is 9.59 Å². The number of hydrogen-bond donors (Lipinski definition) is 3. The van der Waals surface area contributed by atoms with Crippen molar-refractivity contribution < 1.29 is 14.7 Å². The monoisotopic (exact) mass is 384 g/mol. The first kappa shape index (κ1) is 25.9. The smallest absolute Gasteiger partial charge is 0.326 e. The highest BCUT2D eigenvalue weighted by atomic mass is 16.4. The Kier molecular flexibility index (Phi) is 18.9. The maximum Gasteiger partial charge on any atom is 0.326 e. The van der Waals surface area contributed by atoms with E-state index in [0.29, 0.717) is 25.8 Å². The summed E-state index contributed by atoms with van der Waals surface area (Å²) in [6, 6.07) is -0.798. The molecule has 0 spiro atoms. The van der Waals surface area contributed by atoms with Crippen LogP contribution in [0.4, 0.5) is 0 Å². The first-order valence-electron chi connectivity index (χ1n) is 11.3. The summed E-state index contributed by atoms with van der Waals surface area (Å²) >= 11 is 0. The Balaban J connectivity index is 3.40. The van der Waals surface area contributed by atoms with E-state index in [1.807, 2.05) is 0 Å². The average molecular weight is 385 g/mol. The molecule has 0 aromatic carbocycles. The molecule has 0 aromatic heterocycles. The zero-order chi connectivity index (χ0) is 20.2. The van der Waals surface area contributed by atoms with Crippen molar-refractivity contribution in [1.29, 1.82) is 0 Å². The fraction of sp³-hybridized carbons (Fsp3) is 0.909. The standard InChI is InChI=1S/C22H44N2O3/c1-2-3-4-5-6-7-8-9-10-11-12-13-14-15-18-21(25)24-20(22(26)27)17-16-19-23/h20H,2-19,23H2,1H3,(H,24,25)(H,26,27)/t20-/m0/s1. The van der Waals surface area contributed by atoms with Gasteiger partial charge >= 0.3 is 5.97 Å². The summed E-state index contributed by atoms with van der Waals surface area (Å²) in [5, 5.41) is 11.7. The van der Waals surface area contributed by atoms with Crippen molar-refractivity contribution in [1.82, 2.24) is 5.32 Å². The highest BCUT2D eigenvalue weighted by Crippen LogP contribution is 2.13. The summed E-state index contributed by atoms with van der Waals surface area (Å²) in [5.41, 5.74) is 5.40. The predicted octanol–water partition coefficient (Wildman–Crippen LogP) is 5.17. The minimum absolute atomic E-state index is 0.154. The van der Waals surface area contributed by atoms with Gasteiger partial charge in [0.25, 0.3) is 0 Å². The fourth-order valence-corrected chi connectivity index (χ4v) is 3.33. The van der Waals surface area contributed by atoms with Gasteiger partial charge in [-0.2, -0.15) is 0 Å². The number of nitrogens with one attached hydrogen (secondary N) is 1. The molecule has 0 unspecified atom stereocenters. The molecule has 0 saturated heterocycles. The Morgan fingerprint density at radius 2 is 1.22 bits per heavy atom. The quantitative estimate of drug-likeness (QED) is 0.253. The highest BCUT2D eigenvalue weighted by molar-refractivity contribution is 5.83. The van der Waals surface area contributed by atoms with E-state index in [9.17, 15) is 9.59 Å². The number of hydrogen-bond acceptors (Lipinski definition) is 3. The molecule has 27 heavy (non-hydrogen) atoms. The number of carboxylic acids is 1. The lowest BCUT2D eigenvalue weighted by molar-refractivity contribution is -0.142. The van der Waals surface area contributed by atoms with Crippen LogP contribution in [0, 0.1) is 0 Å². The lowest BCUT2D eigenvalue weighted by Gasteiger charge is -2.13. The minimum Gasteiger partial charge on any atom is -0.480 e. The molecular formula is C22H44N2O3. The molecule has 0 aromatic rings. The van der Waals surface area contributed by atoms with Crippen LogP contribution < -0.4 is 11.1 Å². The molecule has 4 N–H and O–H groups in total. The molecule has 1 atom stereocenters. The third-order valence-electron chi connectivity index (χ3n) is 5.09. The van der Waals surface area contributed by atoms with Gasteiger partial charge in [-0.05, 0) is 25.8 Å². The Labute approximate surface area is 166 Å². The lowest BCUT2D eigenvalue weighted by Crippen LogP contribution is -2.40. The molecule has 5 heteroatoms. The van der Waals surface area contributed by atoms with Crippen LogP contribution in [0.25, 0.3) is 0 Å². The van der Waals surface area contributed by atoms with Crippen molar-refractivity contribution in [2.45, 2.75) is 122 Å². The Morgan fingerprint density at radius 1 is 0.778 bits per heavy atom. The van der Waals surface area contributed by atoms with E-state index in [0.717, 1.165) is 12.8 Å². The van der Waals surface area contributed by atoms with Crippen molar-refractivity contribution in [3.05, 3.63) is 0 Å². The number of amides is 1. The molecule has 160 valence electrons. The second-order valence-electron chi connectivity index (χ2n) is 7.74. The molecular weight excluding hydrogens is 340 g/mol. The number of rotatable bonds is 20. The lowest BCUT2D eigenvalue weighted by atomic mass is 10.0. The van der Waals surface area contributed by atoms with Crippen LogP contribution in [0.1, 0.15) is 116 Å². The second kappa shape index (κ2) is 19.7. The summed E-state index contributed by atoms with van der Waals surface area (Å²) in [6.45, 7) is 2.70. The number of nitrogens with two attached hydrogens (primary N) is 1. The van der Waals surface area contributed by atoms with Crippen LogP contribution in [-0.4, -0.2) is 29.6 Å². The number of aliphatic carboxylic acids is 1. The highest BCUT2D eigenvalue weighted by Gasteiger charge is 2.18. The molecule has 0 heterocycles. The van der Waals surface area contributed by atoms with Gasteiger partial charge < -0.3 is 16.2 Å². The Hall–Kier alpha value is -1.10. The van der Waals surface area contributed by atoms with Gasteiger partial charge in [0.15, 0.2) is 0 Å². The van der Waals surface area contributed by atoms with Gasteiger partial charge in [0.1, 0.15) is 6.04 Å². The van der Waals surface area contributed by atoms with Crippen LogP contribution >= 0.6 is 0 Å². The van der Waals surface area contributed by atoms with Crippen LogP contribution in [0.2, 0.25) is 0 Å². The number of carboxylic acid groups (broad SMARTS) is 1. The molecule has 0 saturated carbocycles. The Morgan fingerprint density at radius 3 is 1.63 bits per heavy atom. The SMILES string of the molecule is CCCCCCCCCCCCCCCCC(=O)N[C@@H](CCCN)C(=O)O. The summed E-state index contributed by atoms with van der Waals surface area (Å²) < 4.78 is 0. The second-order valence-corrected chi connectivity index (χ2v) is 7.74. The van der Waals surface area contributed by atoms with E-state index in [1.54, 1.807) is 0 Å². The van der Waals surface area contributed by atoms with Crippen molar-refractivity contribution >= 4 is 11.9 Å². The molecule has 0 bridgehead atoms. The van der Waals surface area contributed by atoms with E-state index < -0.39 is 12.0 Å². The zero-order valence-corrected chi connectivity index (χ0v) is 17.6. The molecule has 0 fully saturated rings. The first-order chi connectivity index (χ1) is 13.1. The van der Waals surface area contributed by atoms with Gasteiger partial charge in [-0.15, -0.1) is 0 Å². The van der Waals surface area contributed by atoms with Crippen LogP contribution in [0.3, 0.4) is 0 Å². The molecule has 1 amide bonds. The van der Waals surface area contributed by atoms with E-state index in [1.165, 1.54) is 77.0 Å². The van der Waals surface area contributed by atoms with Gasteiger partial charge in [0, 0.05) is 6.42 Å². The van der Waals surface area contributed by atoms with Crippen molar-refractivity contribution in [2.24, 2.45) is 5.73 Å². The molecule has 0 aliphatic carbocycles.